The van der Waals surface area contributed by atoms with Crippen molar-refractivity contribution < 1.29 is 37.1 Å². The minimum absolute atomic E-state index is 0.0805. The third-order valence-electron chi connectivity index (χ3n) is 5.73. The number of aromatic nitrogens is 1. The van der Waals surface area contributed by atoms with Crippen molar-refractivity contribution in [3.05, 3.63) is 36.7 Å². The molecule has 1 aromatic rings. The number of nitrogens with one attached hydrogen (secondary N) is 2. The molecule has 1 aromatic heterocycles. The molecule has 204 valence electrons. The van der Waals surface area contributed by atoms with Crippen LogP contribution in [0.4, 0.5) is 18.0 Å². The van der Waals surface area contributed by atoms with Crippen LogP contribution >= 0.6 is 11.8 Å². The van der Waals surface area contributed by atoms with E-state index >= 15 is 0 Å². The first-order valence-electron chi connectivity index (χ1n) is 11.2. The van der Waals surface area contributed by atoms with Gasteiger partial charge in [0.05, 0.1) is 12.1 Å². The molecule has 0 aliphatic carbocycles. The predicted molar refractivity (Wildman–Crippen MR) is 130 cm³/mol. The van der Waals surface area contributed by atoms with Crippen LogP contribution in [0.15, 0.2) is 36.0 Å². The highest BCUT2D eigenvalue weighted by Gasteiger charge is 2.44. The van der Waals surface area contributed by atoms with Crippen LogP contribution in [0.25, 0.3) is 0 Å². The lowest BCUT2D eigenvalue weighted by Crippen LogP contribution is -2.67. The highest BCUT2D eigenvalue weighted by molar-refractivity contribution is 7.98. The second kappa shape index (κ2) is 12.9. The highest BCUT2D eigenvalue weighted by Crippen LogP contribution is 2.22. The molecule has 2 heterocycles. The van der Waals surface area contributed by atoms with Crippen molar-refractivity contribution >= 4 is 35.5 Å². The van der Waals surface area contributed by atoms with Crippen LogP contribution in [0.2, 0.25) is 0 Å². The Balaban J connectivity index is 2.11. The lowest BCUT2D eigenvalue weighted by Gasteiger charge is -2.45. The Bertz CT molecular complexity index is 1020. The second-order valence-electron chi connectivity index (χ2n) is 8.63. The normalized spacial score (nSPS) is 16.6. The van der Waals surface area contributed by atoms with Gasteiger partial charge in [0, 0.05) is 42.5 Å². The number of pyridine rings is 1. The van der Waals surface area contributed by atoms with E-state index in [-0.39, 0.29) is 38.6 Å². The van der Waals surface area contributed by atoms with Crippen LogP contribution in [-0.4, -0.2) is 102 Å². The van der Waals surface area contributed by atoms with E-state index in [2.05, 4.69) is 16.9 Å². The van der Waals surface area contributed by atoms with E-state index in [0.717, 1.165) is 9.80 Å². The molecule has 0 bridgehead atoms. The molecule has 1 atom stereocenters. The molecule has 0 saturated carbocycles. The summed E-state index contributed by atoms with van der Waals surface area (Å²) in [4.78, 5) is 58.0. The van der Waals surface area contributed by atoms with Gasteiger partial charge in [-0.1, -0.05) is 12.7 Å². The summed E-state index contributed by atoms with van der Waals surface area (Å²) in [6.07, 6.45) is 0.626. The van der Waals surface area contributed by atoms with Crippen LogP contribution in [0.3, 0.4) is 0 Å². The Morgan fingerprint density at radius 3 is 2.54 bits per heavy atom. The Morgan fingerprint density at radius 2 is 1.92 bits per heavy atom. The molecule has 1 aliphatic heterocycles. The first-order chi connectivity index (χ1) is 17.3. The van der Waals surface area contributed by atoms with Crippen molar-refractivity contribution in [3.63, 3.8) is 0 Å². The molecule has 0 spiro atoms. The minimum atomic E-state index is -4.64. The highest BCUT2D eigenvalue weighted by atomic mass is 32.2. The fourth-order valence-electron chi connectivity index (χ4n) is 3.56. The summed E-state index contributed by atoms with van der Waals surface area (Å²) in [7, 11) is 0. The maximum absolute atomic E-state index is 13.0. The molecule has 0 radical (unpaired) electrons. The van der Waals surface area contributed by atoms with Gasteiger partial charge in [0.25, 0.3) is 0 Å². The zero-order chi connectivity index (χ0) is 27.8. The number of hydrogen-bond donors (Lipinski definition) is 2. The first-order valence-corrected chi connectivity index (χ1v) is 12.5. The number of ketones is 1. The summed E-state index contributed by atoms with van der Waals surface area (Å²) in [6.45, 7) is 4.33. The summed E-state index contributed by atoms with van der Waals surface area (Å²) in [5.74, 6) is -1.93. The van der Waals surface area contributed by atoms with Gasteiger partial charge in [0.15, 0.2) is 5.78 Å². The third-order valence-corrected chi connectivity index (χ3v) is 6.43. The number of rotatable bonds is 10. The number of piperazine rings is 1. The molecular formula is C23H30F3N5O5S. The topological polar surface area (TPSA) is 121 Å². The Hall–Kier alpha value is -3.13. The fourth-order valence-corrected chi connectivity index (χ4v) is 3.97. The Kier molecular flexibility index (Phi) is 10.5. The number of alkyl halides is 3. The van der Waals surface area contributed by atoms with Gasteiger partial charge in [-0.15, -0.1) is 11.8 Å². The van der Waals surface area contributed by atoms with Gasteiger partial charge in [-0.25, -0.2) is 4.79 Å². The SMILES string of the molecule is C=CCOC(=O)N1CCN(C(C)(C)C(=O)NCC(=O)c2cncc(SC)c2)C[C@H]1C(=O)NCC(F)(F)F. The van der Waals surface area contributed by atoms with Crippen LogP contribution in [0, 0.1) is 0 Å². The molecule has 0 aromatic carbocycles. The van der Waals surface area contributed by atoms with Gasteiger partial charge in [0.1, 0.15) is 19.2 Å². The molecule has 37 heavy (non-hydrogen) atoms. The van der Waals surface area contributed by atoms with Gasteiger partial charge in [-0.3, -0.25) is 29.2 Å². The summed E-state index contributed by atoms with van der Waals surface area (Å²) in [5.41, 5.74) is -0.933. The third kappa shape index (κ3) is 8.45. The van der Waals surface area contributed by atoms with Crippen molar-refractivity contribution in [2.45, 2.75) is 36.5 Å². The molecule has 2 rings (SSSR count). The van der Waals surface area contributed by atoms with Crippen LogP contribution < -0.4 is 10.6 Å². The maximum Gasteiger partial charge on any atom is 0.410 e. The number of carbonyl (C=O) groups is 4. The van der Waals surface area contributed by atoms with Crippen LogP contribution in [0.5, 0.6) is 0 Å². The maximum atomic E-state index is 13.0. The molecule has 1 saturated heterocycles. The lowest BCUT2D eigenvalue weighted by atomic mass is 9.97. The molecule has 14 heteroatoms. The Morgan fingerprint density at radius 1 is 1.22 bits per heavy atom. The number of ether oxygens (including phenoxy) is 1. The molecular weight excluding hydrogens is 515 g/mol. The van der Waals surface area contributed by atoms with Crippen LogP contribution in [0.1, 0.15) is 24.2 Å². The largest absolute Gasteiger partial charge is 0.445 e. The van der Waals surface area contributed by atoms with E-state index in [1.807, 2.05) is 6.26 Å². The number of halogens is 3. The van der Waals surface area contributed by atoms with Gasteiger partial charge in [-0.05, 0) is 26.2 Å². The molecule has 10 nitrogen and oxygen atoms in total. The Labute approximate surface area is 217 Å². The summed E-state index contributed by atoms with van der Waals surface area (Å²) in [6, 6.07) is 0.314. The smallest absolute Gasteiger partial charge is 0.410 e. The summed E-state index contributed by atoms with van der Waals surface area (Å²) in [5, 5.41) is 4.37. The molecule has 1 fully saturated rings. The van der Waals surface area contributed by atoms with Gasteiger partial charge in [0.2, 0.25) is 11.8 Å². The van der Waals surface area contributed by atoms with Gasteiger partial charge < -0.3 is 15.4 Å². The molecule has 1 aliphatic rings. The van der Waals surface area contributed by atoms with Crippen molar-refractivity contribution in [1.82, 2.24) is 25.4 Å². The zero-order valence-corrected chi connectivity index (χ0v) is 21.6. The molecule has 0 unspecified atom stereocenters. The van der Waals surface area contributed by atoms with Crippen molar-refractivity contribution in [1.29, 1.82) is 0 Å². The average Bonchev–Trinajstić information content (AvgIpc) is 2.87. The number of amides is 3. The van der Waals surface area contributed by atoms with E-state index in [4.69, 9.17) is 4.74 Å². The van der Waals surface area contributed by atoms with E-state index < -0.39 is 42.2 Å². The quantitative estimate of drug-likeness (QED) is 0.260. The second-order valence-corrected chi connectivity index (χ2v) is 9.51. The van der Waals surface area contributed by atoms with Crippen molar-refractivity contribution in [2.24, 2.45) is 0 Å². The van der Waals surface area contributed by atoms with Gasteiger partial charge >= 0.3 is 12.3 Å². The average molecular weight is 546 g/mol. The van der Waals surface area contributed by atoms with Crippen molar-refractivity contribution in [3.8, 4) is 0 Å². The molecule has 3 amide bonds. The number of carbonyl (C=O) groups excluding carboxylic acids is 4. The number of hydrogen-bond acceptors (Lipinski definition) is 8. The minimum Gasteiger partial charge on any atom is -0.445 e. The van der Waals surface area contributed by atoms with E-state index in [9.17, 15) is 32.3 Å². The first kappa shape index (κ1) is 30.1. The summed E-state index contributed by atoms with van der Waals surface area (Å²) >= 11 is 1.42. The monoisotopic (exact) mass is 545 g/mol. The van der Waals surface area contributed by atoms with E-state index in [0.29, 0.717) is 5.56 Å². The number of nitrogens with zero attached hydrogens (tertiary/aromatic N) is 3. The van der Waals surface area contributed by atoms with E-state index in [1.165, 1.54) is 24.0 Å². The predicted octanol–water partition coefficient (Wildman–Crippen LogP) is 1.87. The number of thioether (sulfide) groups is 1. The summed E-state index contributed by atoms with van der Waals surface area (Å²) < 4.78 is 43.0. The van der Waals surface area contributed by atoms with E-state index in [1.54, 1.807) is 36.3 Å². The number of Topliss-reactive ketones (excluding diaryl/α,β-unsaturated/α-hetero) is 1. The van der Waals surface area contributed by atoms with Crippen molar-refractivity contribution in [2.75, 3.05) is 45.6 Å². The zero-order valence-electron chi connectivity index (χ0n) is 20.8. The lowest BCUT2D eigenvalue weighted by molar-refractivity contribution is -0.145. The van der Waals surface area contributed by atoms with Gasteiger partial charge in [-0.2, -0.15) is 13.2 Å². The fraction of sp³-hybridized carbons (Fsp3) is 0.522. The standard InChI is InChI=1S/C23H30F3N5O5S/c1-5-8-36-21(35)31-7-6-30(13-17(31)19(33)29-14-23(24,25)26)22(2,3)20(34)28-12-18(32)15-9-16(37-4)11-27-10-15/h5,9-11,17H,1,6-8,12-14H2,2-4H3,(H,28,34)(H,29,33)/t17-/m0/s1. The molecule has 2 N–H and O–H groups in total. The van der Waals surface area contributed by atoms with Crippen LogP contribution in [-0.2, 0) is 14.3 Å².